The van der Waals surface area contributed by atoms with Crippen LogP contribution in [0.5, 0.6) is 0 Å². The largest absolute Gasteiger partial charge is 0.481 e. The Hall–Kier alpha value is -2.17. The molecule has 2 rings (SSSR count). The first-order valence-corrected chi connectivity index (χ1v) is 5.56. The van der Waals surface area contributed by atoms with Crippen LogP contribution in [0.25, 0.3) is 10.9 Å². The summed E-state index contributed by atoms with van der Waals surface area (Å²) in [7, 11) is 0. The minimum atomic E-state index is -0.854. The number of allylic oxidation sites excluding steroid dienone is 1. The van der Waals surface area contributed by atoms with Gasteiger partial charge in [-0.3, -0.25) is 9.48 Å². The number of carboxylic acid groups (broad SMARTS) is 1. The molecule has 0 unspecified atom stereocenters. The van der Waals surface area contributed by atoms with Crippen LogP contribution in [0.1, 0.15) is 12.8 Å². The van der Waals surface area contributed by atoms with Gasteiger partial charge in [0.15, 0.2) is 0 Å². The Bertz CT molecular complexity index is 604. The molecule has 0 atom stereocenters. The van der Waals surface area contributed by atoms with Gasteiger partial charge in [0, 0.05) is 6.42 Å². The molecule has 0 amide bonds. The van der Waals surface area contributed by atoms with E-state index < -0.39 is 5.97 Å². The molecular formula is C13H13FN2O2. The lowest BCUT2D eigenvalue weighted by Gasteiger charge is -2.06. The van der Waals surface area contributed by atoms with Crippen LogP contribution in [-0.4, -0.2) is 20.9 Å². The molecule has 4 nitrogen and oxygen atoms in total. The summed E-state index contributed by atoms with van der Waals surface area (Å²) in [5, 5.41) is 13.1. The highest BCUT2D eigenvalue weighted by Gasteiger charge is 2.08. The van der Waals surface area contributed by atoms with Crippen molar-refractivity contribution in [2.75, 3.05) is 0 Å². The molecule has 0 radical (unpaired) electrons. The monoisotopic (exact) mass is 248 g/mol. The molecule has 0 spiro atoms. The standard InChI is InChI=1S/C13H13FN2O2/c1-9(5-6-13(17)18)8-16-12-4-2-3-11(14)10(12)7-15-16/h2-4,7H,1,5-6,8H2,(H,17,18). The molecule has 0 aliphatic heterocycles. The third-order valence-electron chi connectivity index (χ3n) is 2.70. The summed E-state index contributed by atoms with van der Waals surface area (Å²) in [5.41, 5.74) is 1.44. The Morgan fingerprint density at radius 1 is 1.44 bits per heavy atom. The number of carboxylic acids is 1. The normalized spacial score (nSPS) is 10.7. The van der Waals surface area contributed by atoms with Crippen LogP contribution in [0, 0.1) is 5.82 Å². The van der Waals surface area contributed by atoms with Crippen molar-refractivity contribution in [3.8, 4) is 0 Å². The summed E-state index contributed by atoms with van der Waals surface area (Å²) in [4.78, 5) is 10.5. The number of nitrogens with zero attached hydrogens (tertiary/aromatic N) is 2. The van der Waals surface area contributed by atoms with Crippen molar-refractivity contribution in [2.45, 2.75) is 19.4 Å². The molecule has 5 heteroatoms. The molecule has 0 saturated carbocycles. The van der Waals surface area contributed by atoms with Gasteiger partial charge in [-0.2, -0.15) is 5.10 Å². The number of benzene rings is 1. The van der Waals surface area contributed by atoms with Crippen LogP contribution >= 0.6 is 0 Å². The van der Waals surface area contributed by atoms with E-state index >= 15 is 0 Å². The molecule has 0 saturated heterocycles. The zero-order chi connectivity index (χ0) is 13.1. The van der Waals surface area contributed by atoms with Crippen molar-refractivity contribution < 1.29 is 14.3 Å². The van der Waals surface area contributed by atoms with E-state index in [4.69, 9.17) is 5.11 Å². The molecule has 0 aliphatic rings. The lowest BCUT2D eigenvalue weighted by Crippen LogP contribution is -2.04. The second-order valence-corrected chi connectivity index (χ2v) is 4.12. The molecule has 18 heavy (non-hydrogen) atoms. The average Bonchev–Trinajstić information content (AvgIpc) is 2.72. The fourth-order valence-corrected chi connectivity index (χ4v) is 1.77. The van der Waals surface area contributed by atoms with Gasteiger partial charge in [-0.05, 0) is 18.6 Å². The SMILES string of the molecule is C=C(CCC(=O)O)Cn1ncc2c(F)cccc21. The van der Waals surface area contributed by atoms with Gasteiger partial charge in [0.05, 0.1) is 23.6 Å². The van der Waals surface area contributed by atoms with E-state index in [-0.39, 0.29) is 12.2 Å². The van der Waals surface area contributed by atoms with Crippen LogP contribution in [0.4, 0.5) is 4.39 Å². The predicted octanol–water partition coefficient (Wildman–Crippen LogP) is 2.60. The van der Waals surface area contributed by atoms with Crippen molar-refractivity contribution in [3.63, 3.8) is 0 Å². The van der Waals surface area contributed by atoms with Crippen molar-refractivity contribution >= 4 is 16.9 Å². The van der Waals surface area contributed by atoms with Crippen LogP contribution in [-0.2, 0) is 11.3 Å². The lowest BCUT2D eigenvalue weighted by atomic mass is 10.1. The Morgan fingerprint density at radius 3 is 2.94 bits per heavy atom. The van der Waals surface area contributed by atoms with E-state index in [1.807, 2.05) is 0 Å². The van der Waals surface area contributed by atoms with Crippen molar-refractivity contribution in [1.29, 1.82) is 0 Å². The maximum Gasteiger partial charge on any atom is 0.303 e. The Morgan fingerprint density at radius 2 is 2.22 bits per heavy atom. The van der Waals surface area contributed by atoms with Crippen molar-refractivity contribution in [3.05, 3.63) is 42.4 Å². The number of aliphatic carboxylic acids is 1. The summed E-state index contributed by atoms with van der Waals surface area (Å²) in [6.45, 7) is 4.22. The molecule has 1 aromatic heterocycles. The third-order valence-corrected chi connectivity index (χ3v) is 2.70. The first kappa shape index (κ1) is 12.3. The van der Waals surface area contributed by atoms with E-state index in [9.17, 15) is 9.18 Å². The molecule has 0 fully saturated rings. The van der Waals surface area contributed by atoms with Gasteiger partial charge >= 0.3 is 5.97 Å². The molecule has 0 bridgehead atoms. The van der Waals surface area contributed by atoms with E-state index in [1.54, 1.807) is 16.8 Å². The van der Waals surface area contributed by atoms with Crippen LogP contribution in [0.2, 0.25) is 0 Å². The van der Waals surface area contributed by atoms with Gasteiger partial charge in [0.1, 0.15) is 5.82 Å². The van der Waals surface area contributed by atoms with Crippen LogP contribution in [0.15, 0.2) is 36.5 Å². The topological polar surface area (TPSA) is 55.1 Å². The predicted molar refractivity (Wildman–Crippen MR) is 65.7 cm³/mol. The van der Waals surface area contributed by atoms with Gasteiger partial charge in [-0.15, -0.1) is 0 Å². The van der Waals surface area contributed by atoms with Gasteiger partial charge in [-0.25, -0.2) is 4.39 Å². The number of carbonyl (C=O) groups is 1. The van der Waals surface area contributed by atoms with Gasteiger partial charge in [-0.1, -0.05) is 18.2 Å². The Kier molecular flexibility index (Phi) is 3.41. The molecule has 2 aromatic rings. The fourth-order valence-electron chi connectivity index (χ4n) is 1.77. The second-order valence-electron chi connectivity index (χ2n) is 4.12. The summed E-state index contributed by atoms with van der Waals surface area (Å²) >= 11 is 0. The zero-order valence-corrected chi connectivity index (χ0v) is 9.77. The third kappa shape index (κ3) is 2.56. The molecular weight excluding hydrogens is 235 g/mol. The number of rotatable bonds is 5. The average molecular weight is 248 g/mol. The molecule has 1 heterocycles. The summed E-state index contributed by atoms with van der Waals surface area (Å²) in [5.74, 6) is -1.16. The van der Waals surface area contributed by atoms with E-state index in [1.165, 1.54) is 12.3 Å². The number of halogens is 1. The quantitative estimate of drug-likeness (QED) is 0.827. The second kappa shape index (κ2) is 5.00. The maximum absolute atomic E-state index is 13.4. The number of fused-ring (bicyclic) bond motifs is 1. The van der Waals surface area contributed by atoms with Gasteiger partial charge < -0.3 is 5.11 Å². The molecule has 1 aromatic carbocycles. The highest BCUT2D eigenvalue weighted by molar-refractivity contribution is 5.79. The lowest BCUT2D eigenvalue weighted by molar-refractivity contribution is -0.136. The Labute approximate surface area is 103 Å². The molecule has 94 valence electrons. The zero-order valence-electron chi connectivity index (χ0n) is 9.77. The smallest absolute Gasteiger partial charge is 0.303 e. The van der Waals surface area contributed by atoms with E-state index in [0.717, 1.165) is 5.57 Å². The highest BCUT2D eigenvalue weighted by Crippen LogP contribution is 2.18. The minimum Gasteiger partial charge on any atom is -0.481 e. The minimum absolute atomic E-state index is 0.0480. The van der Waals surface area contributed by atoms with Gasteiger partial charge in [0.25, 0.3) is 0 Å². The van der Waals surface area contributed by atoms with E-state index in [2.05, 4.69) is 11.7 Å². The van der Waals surface area contributed by atoms with Crippen molar-refractivity contribution in [1.82, 2.24) is 9.78 Å². The maximum atomic E-state index is 13.4. The summed E-state index contributed by atoms with van der Waals surface area (Å²) in [6.07, 6.45) is 1.91. The highest BCUT2D eigenvalue weighted by atomic mass is 19.1. The molecule has 1 N–H and O–H groups in total. The van der Waals surface area contributed by atoms with Crippen molar-refractivity contribution in [2.24, 2.45) is 0 Å². The number of aromatic nitrogens is 2. The van der Waals surface area contributed by atoms with Crippen LogP contribution < -0.4 is 0 Å². The first-order valence-electron chi connectivity index (χ1n) is 5.56. The summed E-state index contributed by atoms with van der Waals surface area (Å²) in [6, 6.07) is 4.78. The van der Waals surface area contributed by atoms with Gasteiger partial charge in [0.2, 0.25) is 0 Å². The number of hydrogen-bond acceptors (Lipinski definition) is 2. The fraction of sp³-hybridized carbons (Fsp3) is 0.231. The van der Waals surface area contributed by atoms with Crippen LogP contribution in [0.3, 0.4) is 0 Å². The summed E-state index contributed by atoms with van der Waals surface area (Å²) < 4.78 is 15.1. The molecule has 0 aliphatic carbocycles. The number of hydrogen-bond donors (Lipinski definition) is 1. The van der Waals surface area contributed by atoms with E-state index in [0.29, 0.717) is 23.9 Å². The Balaban J connectivity index is 2.15. The first-order chi connectivity index (χ1) is 8.58.